The molecule has 17 heavy (non-hydrogen) atoms. The molecule has 6 nitrogen and oxygen atoms in total. The predicted octanol–water partition coefficient (Wildman–Crippen LogP) is 0.628. The van der Waals surface area contributed by atoms with Gasteiger partial charge in [0.2, 0.25) is 0 Å². The highest BCUT2D eigenvalue weighted by molar-refractivity contribution is 5.94. The van der Waals surface area contributed by atoms with E-state index in [2.05, 4.69) is 10.3 Å². The van der Waals surface area contributed by atoms with Gasteiger partial charge in [-0.15, -0.1) is 0 Å². The Hall–Kier alpha value is -2.11. The van der Waals surface area contributed by atoms with E-state index in [0.717, 1.165) is 0 Å². The first-order chi connectivity index (χ1) is 8.00. The van der Waals surface area contributed by atoms with Gasteiger partial charge < -0.3 is 15.5 Å². The van der Waals surface area contributed by atoms with Crippen molar-refractivity contribution in [1.29, 1.82) is 0 Å². The topological polar surface area (TPSA) is 99.5 Å². The highest BCUT2D eigenvalue weighted by Crippen LogP contribution is 2.08. The molecule has 0 aliphatic rings. The highest BCUT2D eigenvalue weighted by atomic mass is 16.4. The van der Waals surface area contributed by atoms with Gasteiger partial charge in [0, 0.05) is 12.7 Å². The van der Waals surface area contributed by atoms with Gasteiger partial charge in [0.15, 0.2) is 0 Å². The Labute approximate surface area is 98.3 Å². The summed E-state index contributed by atoms with van der Waals surface area (Å²) in [5.74, 6) is -1.86. The average Bonchev–Trinajstić information content (AvgIpc) is 2.28. The van der Waals surface area contributed by atoms with Crippen LogP contribution < -0.4 is 5.32 Å². The number of pyridine rings is 1. The molecular weight excluding hydrogens is 224 g/mol. The van der Waals surface area contributed by atoms with E-state index in [9.17, 15) is 9.59 Å². The van der Waals surface area contributed by atoms with Crippen LogP contribution in [0, 0.1) is 5.92 Å². The smallest absolute Gasteiger partial charge is 0.306 e. The Morgan fingerprint density at radius 2 is 2.18 bits per heavy atom. The van der Waals surface area contributed by atoms with Gasteiger partial charge in [0.05, 0.1) is 17.7 Å². The summed E-state index contributed by atoms with van der Waals surface area (Å²) in [5.41, 5.74) is 0.243. The second kappa shape index (κ2) is 5.83. The third-order valence-corrected chi connectivity index (χ3v) is 2.27. The summed E-state index contributed by atoms with van der Waals surface area (Å²) in [4.78, 5) is 25.7. The lowest BCUT2D eigenvalue weighted by atomic mass is 10.1. The fourth-order valence-corrected chi connectivity index (χ4v) is 1.18. The van der Waals surface area contributed by atoms with Crippen LogP contribution in [0.25, 0.3) is 0 Å². The van der Waals surface area contributed by atoms with Gasteiger partial charge in [-0.05, 0) is 12.5 Å². The first-order valence-corrected chi connectivity index (χ1v) is 5.15. The van der Waals surface area contributed by atoms with Crippen LogP contribution in [0.5, 0.6) is 5.75 Å². The van der Waals surface area contributed by atoms with E-state index in [1.807, 2.05) is 0 Å². The number of nitrogens with one attached hydrogen (secondary N) is 1. The monoisotopic (exact) mass is 238 g/mol. The minimum absolute atomic E-state index is 0.0865. The lowest BCUT2D eigenvalue weighted by Gasteiger charge is -2.07. The van der Waals surface area contributed by atoms with Gasteiger partial charge in [-0.25, -0.2) is 0 Å². The fraction of sp³-hybridized carbons (Fsp3) is 0.364. The molecule has 0 radical (unpaired) electrons. The van der Waals surface area contributed by atoms with Crippen molar-refractivity contribution in [3.05, 3.63) is 24.0 Å². The van der Waals surface area contributed by atoms with E-state index in [1.54, 1.807) is 6.92 Å². The molecule has 0 aliphatic heterocycles. The third kappa shape index (κ3) is 4.10. The van der Waals surface area contributed by atoms with Crippen LogP contribution in [0.1, 0.15) is 23.7 Å². The summed E-state index contributed by atoms with van der Waals surface area (Å²) in [6.07, 6.45) is 2.91. The Morgan fingerprint density at radius 3 is 2.76 bits per heavy atom. The molecule has 1 heterocycles. The van der Waals surface area contributed by atoms with Crippen molar-refractivity contribution in [2.45, 2.75) is 13.3 Å². The Bertz CT molecular complexity index is 420. The van der Waals surface area contributed by atoms with Gasteiger partial charge in [-0.1, -0.05) is 6.92 Å². The highest BCUT2D eigenvalue weighted by Gasteiger charge is 2.11. The molecule has 6 heteroatoms. The lowest BCUT2D eigenvalue weighted by Crippen LogP contribution is -2.27. The van der Waals surface area contributed by atoms with E-state index in [-0.39, 0.29) is 23.8 Å². The van der Waals surface area contributed by atoms with Crippen LogP contribution in [-0.4, -0.2) is 33.6 Å². The Morgan fingerprint density at radius 1 is 1.47 bits per heavy atom. The summed E-state index contributed by atoms with van der Waals surface area (Å²) in [7, 11) is 0. The molecule has 1 unspecified atom stereocenters. The number of nitrogens with zero attached hydrogens (tertiary/aromatic N) is 1. The van der Waals surface area contributed by atoms with Crippen LogP contribution in [-0.2, 0) is 4.79 Å². The standard InChI is InChI=1S/C11H14N2O4/c1-7(11(16)17)2-3-13-10(15)8-4-9(14)6-12-5-8/h4-7,14H,2-3H2,1H3,(H,13,15)(H,16,17). The molecule has 1 rings (SSSR count). The molecule has 1 atom stereocenters. The molecular formula is C11H14N2O4. The van der Waals surface area contributed by atoms with Crippen LogP contribution in [0.15, 0.2) is 18.5 Å². The van der Waals surface area contributed by atoms with Crippen LogP contribution >= 0.6 is 0 Å². The number of hydrogen-bond donors (Lipinski definition) is 3. The summed E-state index contributed by atoms with van der Waals surface area (Å²) in [5, 5.41) is 20.3. The average molecular weight is 238 g/mol. The zero-order valence-corrected chi connectivity index (χ0v) is 9.38. The van der Waals surface area contributed by atoms with E-state index < -0.39 is 11.9 Å². The zero-order valence-electron chi connectivity index (χ0n) is 9.38. The molecule has 1 aromatic rings. The molecule has 0 saturated carbocycles. The second-order valence-electron chi connectivity index (χ2n) is 3.72. The maximum Gasteiger partial charge on any atom is 0.306 e. The number of amides is 1. The first kappa shape index (κ1) is 13.0. The number of aliphatic carboxylic acids is 1. The van der Waals surface area contributed by atoms with Crippen molar-refractivity contribution in [2.24, 2.45) is 5.92 Å². The number of carbonyl (C=O) groups is 2. The zero-order chi connectivity index (χ0) is 12.8. The van der Waals surface area contributed by atoms with E-state index in [1.165, 1.54) is 18.5 Å². The largest absolute Gasteiger partial charge is 0.506 e. The molecule has 0 saturated heterocycles. The minimum Gasteiger partial charge on any atom is -0.506 e. The second-order valence-corrected chi connectivity index (χ2v) is 3.72. The van der Waals surface area contributed by atoms with Crippen molar-refractivity contribution in [1.82, 2.24) is 10.3 Å². The van der Waals surface area contributed by atoms with Gasteiger partial charge >= 0.3 is 5.97 Å². The van der Waals surface area contributed by atoms with Gasteiger partial charge in [-0.3, -0.25) is 14.6 Å². The third-order valence-electron chi connectivity index (χ3n) is 2.27. The number of carboxylic acids is 1. The number of carbonyl (C=O) groups excluding carboxylic acids is 1. The van der Waals surface area contributed by atoms with Crippen molar-refractivity contribution >= 4 is 11.9 Å². The normalized spacial score (nSPS) is 11.8. The van der Waals surface area contributed by atoms with E-state index in [4.69, 9.17) is 10.2 Å². The molecule has 3 N–H and O–H groups in total. The number of aromatic hydroxyl groups is 1. The number of rotatable bonds is 5. The van der Waals surface area contributed by atoms with E-state index in [0.29, 0.717) is 6.42 Å². The number of hydrogen-bond acceptors (Lipinski definition) is 4. The molecule has 92 valence electrons. The lowest BCUT2D eigenvalue weighted by molar-refractivity contribution is -0.141. The molecule has 0 fully saturated rings. The van der Waals surface area contributed by atoms with Crippen LogP contribution in [0.2, 0.25) is 0 Å². The summed E-state index contributed by atoms with van der Waals surface area (Å²) >= 11 is 0. The Balaban J connectivity index is 2.43. The molecule has 1 aromatic heterocycles. The van der Waals surface area contributed by atoms with E-state index >= 15 is 0 Å². The van der Waals surface area contributed by atoms with Crippen molar-refractivity contribution < 1.29 is 19.8 Å². The molecule has 0 bridgehead atoms. The van der Waals surface area contributed by atoms with Gasteiger partial charge in [0.1, 0.15) is 5.75 Å². The quantitative estimate of drug-likeness (QED) is 0.698. The number of carboxylic acid groups (broad SMARTS) is 1. The van der Waals surface area contributed by atoms with Gasteiger partial charge in [0.25, 0.3) is 5.91 Å². The predicted molar refractivity (Wildman–Crippen MR) is 59.7 cm³/mol. The fourth-order valence-electron chi connectivity index (χ4n) is 1.18. The van der Waals surface area contributed by atoms with Crippen LogP contribution in [0.4, 0.5) is 0 Å². The summed E-state index contributed by atoms with van der Waals surface area (Å²) < 4.78 is 0. The van der Waals surface area contributed by atoms with Crippen molar-refractivity contribution in [2.75, 3.05) is 6.54 Å². The maximum absolute atomic E-state index is 11.5. The minimum atomic E-state index is -0.890. The first-order valence-electron chi connectivity index (χ1n) is 5.15. The SMILES string of the molecule is CC(CCNC(=O)c1cncc(O)c1)C(=O)O. The molecule has 1 amide bonds. The maximum atomic E-state index is 11.5. The van der Waals surface area contributed by atoms with Crippen molar-refractivity contribution in [3.63, 3.8) is 0 Å². The molecule has 0 aromatic carbocycles. The Kier molecular flexibility index (Phi) is 4.45. The summed E-state index contributed by atoms with van der Waals surface area (Å²) in [6.45, 7) is 1.84. The number of aromatic nitrogens is 1. The van der Waals surface area contributed by atoms with Crippen molar-refractivity contribution in [3.8, 4) is 5.75 Å². The van der Waals surface area contributed by atoms with Gasteiger partial charge in [-0.2, -0.15) is 0 Å². The molecule has 0 aliphatic carbocycles. The molecule has 0 spiro atoms. The summed E-state index contributed by atoms with van der Waals surface area (Å²) in [6, 6.07) is 1.29. The van der Waals surface area contributed by atoms with Crippen LogP contribution in [0.3, 0.4) is 0 Å².